The molecule has 0 aliphatic carbocycles. The van der Waals surface area contributed by atoms with Crippen LogP contribution in [0.15, 0.2) is 0 Å². The second kappa shape index (κ2) is 9.49. The molecule has 0 rings (SSSR count). The molecule has 0 aromatic rings. The predicted octanol–water partition coefficient (Wildman–Crippen LogP) is 4.73. The minimum atomic E-state index is -0.635. The summed E-state index contributed by atoms with van der Waals surface area (Å²) in [6, 6.07) is 0. The van der Waals surface area contributed by atoms with Crippen molar-refractivity contribution in [3.63, 3.8) is 0 Å². The van der Waals surface area contributed by atoms with E-state index < -0.39 is 5.97 Å². The summed E-state index contributed by atoms with van der Waals surface area (Å²) >= 11 is 0. The Morgan fingerprint density at radius 1 is 0.882 bits per heavy atom. The number of carbonyl (C=O) groups is 1. The fraction of sp³-hybridized carbons (Fsp3) is 0.933. The average molecular weight is 242 g/mol. The first-order valence-corrected chi connectivity index (χ1v) is 7.13. The highest BCUT2D eigenvalue weighted by Gasteiger charge is 2.13. The van der Waals surface area contributed by atoms with Crippen molar-refractivity contribution in [2.75, 3.05) is 0 Å². The standard InChI is InChI=1S/C15H30O2/c1-12(2)7-5-9-14(11-15(16)17)10-6-8-13(3)4/h12-14H,5-11H2,1-4H3,(H,16,17). The van der Waals surface area contributed by atoms with Gasteiger partial charge in [-0.15, -0.1) is 0 Å². The van der Waals surface area contributed by atoms with Crippen LogP contribution >= 0.6 is 0 Å². The number of carboxylic acid groups (broad SMARTS) is 1. The molecule has 102 valence electrons. The molecule has 1 N–H and O–H groups in total. The Morgan fingerprint density at radius 3 is 1.59 bits per heavy atom. The van der Waals surface area contributed by atoms with Crippen LogP contribution in [0.3, 0.4) is 0 Å². The minimum absolute atomic E-state index is 0.357. The molecule has 0 aromatic heterocycles. The van der Waals surface area contributed by atoms with E-state index in [2.05, 4.69) is 27.7 Å². The van der Waals surface area contributed by atoms with Crippen LogP contribution < -0.4 is 0 Å². The number of aliphatic carboxylic acids is 1. The highest BCUT2D eigenvalue weighted by Crippen LogP contribution is 2.22. The molecule has 0 amide bonds. The zero-order valence-corrected chi connectivity index (χ0v) is 12.0. The third-order valence-corrected chi connectivity index (χ3v) is 3.25. The molecule has 17 heavy (non-hydrogen) atoms. The van der Waals surface area contributed by atoms with Crippen LogP contribution in [0.4, 0.5) is 0 Å². The summed E-state index contributed by atoms with van der Waals surface area (Å²) in [4.78, 5) is 10.8. The summed E-state index contributed by atoms with van der Waals surface area (Å²) in [6.45, 7) is 8.91. The molecule has 0 aliphatic rings. The van der Waals surface area contributed by atoms with Gasteiger partial charge in [0.1, 0.15) is 0 Å². The summed E-state index contributed by atoms with van der Waals surface area (Å²) in [5.74, 6) is 1.22. The lowest BCUT2D eigenvalue weighted by Crippen LogP contribution is -2.09. The van der Waals surface area contributed by atoms with E-state index in [1.807, 2.05) is 0 Å². The molecule has 2 nitrogen and oxygen atoms in total. The largest absolute Gasteiger partial charge is 0.481 e. The number of carboxylic acids is 1. The van der Waals surface area contributed by atoms with Crippen LogP contribution in [-0.4, -0.2) is 11.1 Å². The number of rotatable bonds is 10. The highest BCUT2D eigenvalue weighted by molar-refractivity contribution is 5.66. The van der Waals surface area contributed by atoms with Gasteiger partial charge in [0.15, 0.2) is 0 Å². The summed E-state index contributed by atoms with van der Waals surface area (Å²) in [5.41, 5.74) is 0. The molecule has 0 radical (unpaired) electrons. The lowest BCUT2D eigenvalue weighted by Gasteiger charge is -2.16. The lowest BCUT2D eigenvalue weighted by atomic mass is 9.90. The summed E-state index contributed by atoms with van der Waals surface area (Å²) < 4.78 is 0. The second-order valence-electron chi connectivity index (χ2n) is 6.11. The van der Waals surface area contributed by atoms with Crippen LogP contribution in [0.2, 0.25) is 0 Å². The van der Waals surface area contributed by atoms with Crippen LogP contribution in [0.5, 0.6) is 0 Å². The van der Waals surface area contributed by atoms with Gasteiger partial charge in [0.05, 0.1) is 0 Å². The molecular weight excluding hydrogens is 212 g/mol. The molecule has 0 saturated heterocycles. The van der Waals surface area contributed by atoms with Gasteiger partial charge in [-0.3, -0.25) is 4.79 Å². The summed E-state index contributed by atoms with van der Waals surface area (Å²) in [6.07, 6.45) is 7.33. The van der Waals surface area contributed by atoms with Crippen molar-refractivity contribution in [2.45, 2.75) is 72.6 Å². The van der Waals surface area contributed by atoms with Gasteiger partial charge in [0.2, 0.25) is 0 Å². The predicted molar refractivity (Wildman–Crippen MR) is 73.1 cm³/mol. The minimum Gasteiger partial charge on any atom is -0.481 e. The van der Waals surface area contributed by atoms with Crippen molar-refractivity contribution in [1.29, 1.82) is 0 Å². The zero-order valence-electron chi connectivity index (χ0n) is 12.0. The maximum absolute atomic E-state index is 10.8. The lowest BCUT2D eigenvalue weighted by molar-refractivity contribution is -0.138. The third kappa shape index (κ3) is 11.7. The van der Waals surface area contributed by atoms with Crippen molar-refractivity contribution in [3.8, 4) is 0 Å². The van der Waals surface area contributed by atoms with Gasteiger partial charge in [0, 0.05) is 6.42 Å². The number of hydrogen-bond acceptors (Lipinski definition) is 1. The molecule has 0 saturated carbocycles. The van der Waals surface area contributed by atoms with Gasteiger partial charge in [-0.1, -0.05) is 53.4 Å². The Hall–Kier alpha value is -0.530. The van der Waals surface area contributed by atoms with Crippen LogP contribution in [0.25, 0.3) is 0 Å². The van der Waals surface area contributed by atoms with E-state index in [-0.39, 0.29) is 0 Å². The van der Waals surface area contributed by atoms with E-state index >= 15 is 0 Å². The molecule has 2 heteroatoms. The monoisotopic (exact) mass is 242 g/mol. The van der Waals surface area contributed by atoms with E-state index in [0.29, 0.717) is 12.3 Å². The van der Waals surface area contributed by atoms with Crippen molar-refractivity contribution >= 4 is 5.97 Å². The van der Waals surface area contributed by atoms with Crippen molar-refractivity contribution in [1.82, 2.24) is 0 Å². The van der Waals surface area contributed by atoms with Gasteiger partial charge >= 0.3 is 5.97 Å². The van der Waals surface area contributed by atoms with Crippen molar-refractivity contribution < 1.29 is 9.90 Å². The van der Waals surface area contributed by atoms with Crippen molar-refractivity contribution in [2.24, 2.45) is 17.8 Å². The molecule has 0 aromatic carbocycles. The second-order valence-corrected chi connectivity index (χ2v) is 6.11. The first-order valence-electron chi connectivity index (χ1n) is 7.13. The topological polar surface area (TPSA) is 37.3 Å². The first kappa shape index (κ1) is 16.5. The van der Waals surface area contributed by atoms with Gasteiger partial charge in [-0.05, 0) is 30.6 Å². The van der Waals surface area contributed by atoms with Gasteiger partial charge in [0.25, 0.3) is 0 Å². The van der Waals surface area contributed by atoms with E-state index in [0.717, 1.165) is 24.7 Å². The SMILES string of the molecule is CC(C)CCCC(CCCC(C)C)CC(=O)O. The van der Waals surface area contributed by atoms with E-state index in [1.165, 1.54) is 25.7 Å². The van der Waals surface area contributed by atoms with Gasteiger partial charge in [-0.25, -0.2) is 0 Å². The molecule has 0 bridgehead atoms. The molecule has 0 unspecified atom stereocenters. The Kier molecular flexibility index (Phi) is 9.20. The summed E-state index contributed by atoms with van der Waals surface area (Å²) in [7, 11) is 0. The fourth-order valence-corrected chi connectivity index (χ4v) is 2.22. The maximum Gasteiger partial charge on any atom is 0.303 e. The Balaban J connectivity index is 3.83. The molecular formula is C15H30O2. The van der Waals surface area contributed by atoms with Crippen LogP contribution in [0.1, 0.15) is 72.6 Å². The maximum atomic E-state index is 10.8. The highest BCUT2D eigenvalue weighted by atomic mass is 16.4. The Bertz CT molecular complexity index is 183. The first-order chi connectivity index (χ1) is 7.91. The fourth-order valence-electron chi connectivity index (χ4n) is 2.22. The smallest absolute Gasteiger partial charge is 0.303 e. The molecule has 0 fully saturated rings. The van der Waals surface area contributed by atoms with Gasteiger partial charge in [-0.2, -0.15) is 0 Å². The molecule has 0 spiro atoms. The Labute approximate surface area is 107 Å². The van der Waals surface area contributed by atoms with Crippen molar-refractivity contribution in [3.05, 3.63) is 0 Å². The quantitative estimate of drug-likeness (QED) is 0.601. The molecule has 0 heterocycles. The average Bonchev–Trinajstić information content (AvgIpc) is 2.15. The molecule has 0 aliphatic heterocycles. The Morgan fingerprint density at radius 2 is 1.29 bits per heavy atom. The van der Waals surface area contributed by atoms with Crippen LogP contribution in [0, 0.1) is 17.8 Å². The van der Waals surface area contributed by atoms with E-state index in [4.69, 9.17) is 5.11 Å². The summed E-state index contributed by atoms with van der Waals surface area (Å²) in [5, 5.41) is 8.90. The number of hydrogen-bond donors (Lipinski definition) is 1. The zero-order chi connectivity index (χ0) is 13.3. The molecule has 0 atom stereocenters. The van der Waals surface area contributed by atoms with Gasteiger partial charge < -0.3 is 5.11 Å². The third-order valence-electron chi connectivity index (χ3n) is 3.25. The van der Waals surface area contributed by atoms with Crippen LogP contribution in [-0.2, 0) is 4.79 Å². The van der Waals surface area contributed by atoms with E-state index in [1.54, 1.807) is 0 Å². The normalized spacial score (nSPS) is 11.7. The van der Waals surface area contributed by atoms with E-state index in [9.17, 15) is 4.79 Å².